The average molecular weight is 255 g/mol. The van der Waals surface area contributed by atoms with Crippen molar-refractivity contribution in [3.05, 3.63) is 0 Å². The minimum absolute atomic E-state index is 0.0324. The van der Waals surface area contributed by atoms with Crippen LogP contribution in [0.15, 0.2) is 0 Å². The average Bonchev–Trinajstić information content (AvgIpc) is 2.41. The van der Waals surface area contributed by atoms with Crippen LogP contribution < -0.4 is 5.73 Å². The van der Waals surface area contributed by atoms with Crippen molar-refractivity contribution in [2.45, 2.75) is 44.6 Å². The highest BCUT2D eigenvalue weighted by Crippen LogP contribution is 2.38. The van der Waals surface area contributed by atoms with Crippen LogP contribution >= 0.6 is 0 Å². The van der Waals surface area contributed by atoms with Gasteiger partial charge in [-0.1, -0.05) is 6.92 Å². The van der Waals surface area contributed by atoms with Crippen molar-refractivity contribution in [3.63, 3.8) is 0 Å². The molecule has 1 spiro atoms. The number of nitrogens with two attached hydrogens (primary N) is 1. The van der Waals surface area contributed by atoms with Gasteiger partial charge < -0.3 is 15.2 Å². The zero-order valence-electron chi connectivity index (χ0n) is 11.3. The molecule has 0 aromatic heterocycles. The molecule has 18 heavy (non-hydrogen) atoms. The van der Waals surface area contributed by atoms with Crippen molar-refractivity contribution in [2.75, 3.05) is 26.4 Å². The summed E-state index contributed by atoms with van der Waals surface area (Å²) in [5.41, 5.74) is 5.60. The topological polar surface area (TPSA) is 61.6 Å². The van der Waals surface area contributed by atoms with Gasteiger partial charge in [0.25, 0.3) is 0 Å². The third kappa shape index (κ3) is 2.92. The molecule has 4 heteroatoms. The first-order valence-corrected chi connectivity index (χ1v) is 7.16. The maximum absolute atomic E-state index is 12.4. The molecule has 0 aliphatic carbocycles. The Kier molecular flexibility index (Phi) is 4.76. The lowest BCUT2D eigenvalue weighted by atomic mass is 9.76. The maximum Gasteiger partial charge on any atom is 0.140 e. The fourth-order valence-corrected chi connectivity index (χ4v) is 3.18. The molecule has 2 fully saturated rings. The molecule has 2 saturated heterocycles. The summed E-state index contributed by atoms with van der Waals surface area (Å²) < 4.78 is 11.4. The van der Waals surface area contributed by atoms with Crippen molar-refractivity contribution < 1.29 is 14.3 Å². The minimum atomic E-state index is -0.0935. The lowest BCUT2D eigenvalue weighted by Crippen LogP contribution is -2.47. The molecular weight excluding hydrogens is 230 g/mol. The maximum atomic E-state index is 12.4. The van der Waals surface area contributed by atoms with Gasteiger partial charge in [0.1, 0.15) is 5.78 Å². The Morgan fingerprint density at radius 2 is 2.11 bits per heavy atom. The molecular formula is C14H25NO3. The van der Waals surface area contributed by atoms with Crippen LogP contribution in [0, 0.1) is 11.8 Å². The molecule has 2 N–H and O–H groups in total. The Hall–Kier alpha value is -0.450. The Morgan fingerprint density at radius 1 is 1.39 bits per heavy atom. The van der Waals surface area contributed by atoms with Crippen molar-refractivity contribution in [1.82, 2.24) is 0 Å². The number of carbonyl (C=O) groups excluding carboxylic acids is 1. The summed E-state index contributed by atoms with van der Waals surface area (Å²) in [4.78, 5) is 12.4. The summed E-state index contributed by atoms with van der Waals surface area (Å²) in [6.45, 7) is 4.74. The predicted molar refractivity (Wildman–Crippen MR) is 69.3 cm³/mol. The smallest absolute Gasteiger partial charge is 0.140 e. The van der Waals surface area contributed by atoms with E-state index in [0.29, 0.717) is 18.9 Å². The molecule has 0 radical (unpaired) electrons. The van der Waals surface area contributed by atoms with E-state index in [9.17, 15) is 4.79 Å². The summed E-state index contributed by atoms with van der Waals surface area (Å²) in [5, 5.41) is 0. The summed E-state index contributed by atoms with van der Waals surface area (Å²) in [7, 11) is 0. The van der Waals surface area contributed by atoms with Crippen LogP contribution in [0.3, 0.4) is 0 Å². The summed E-state index contributed by atoms with van der Waals surface area (Å²) in [5.74, 6) is 0.532. The van der Waals surface area contributed by atoms with Gasteiger partial charge in [-0.3, -0.25) is 4.79 Å². The van der Waals surface area contributed by atoms with Crippen LogP contribution in [0.4, 0.5) is 0 Å². The third-order valence-corrected chi connectivity index (χ3v) is 4.48. The van der Waals surface area contributed by atoms with E-state index in [0.717, 1.165) is 45.3 Å². The van der Waals surface area contributed by atoms with Gasteiger partial charge in [0, 0.05) is 38.2 Å². The summed E-state index contributed by atoms with van der Waals surface area (Å²) >= 11 is 0. The molecule has 2 aliphatic heterocycles. The Bertz CT molecular complexity index is 277. The van der Waals surface area contributed by atoms with Gasteiger partial charge in [0.2, 0.25) is 0 Å². The molecule has 2 rings (SSSR count). The second-order valence-electron chi connectivity index (χ2n) is 5.58. The number of ether oxygens (including phenoxy) is 2. The largest absolute Gasteiger partial charge is 0.381 e. The standard InChI is InChI=1S/C14H25NO3/c1-2-11(10-15)13(16)12-3-6-18-14(9-12)4-7-17-8-5-14/h11-12H,2-10,15H2,1H3. The normalized spacial score (nSPS) is 29.1. The van der Waals surface area contributed by atoms with E-state index in [2.05, 4.69) is 0 Å². The Morgan fingerprint density at radius 3 is 2.72 bits per heavy atom. The van der Waals surface area contributed by atoms with Crippen LogP contribution in [0.25, 0.3) is 0 Å². The van der Waals surface area contributed by atoms with E-state index in [1.165, 1.54) is 0 Å². The van der Waals surface area contributed by atoms with Crippen LogP contribution in [0.1, 0.15) is 39.0 Å². The molecule has 0 bridgehead atoms. The first kappa shape index (κ1) is 14.0. The number of hydrogen-bond acceptors (Lipinski definition) is 4. The first-order valence-electron chi connectivity index (χ1n) is 7.16. The highest BCUT2D eigenvalue weighted by molar-refractivity contribution is 5.83. The van der Waals surface area contributed by atoms with Crippen molar-refractivity contribution in [2.24, 2.45) is 17.6 Å². The number of carbonyl (C=O) groups is 1. The second-order valence-corrected chi connectivity index (χ2v) is 5.58. The van der Waals surface area contributed by atoms with Crippen LogP contribution in [0.5, 0.6) is 0 Å². The number of hydrogen-bond donors (Lipinski definition) is 1. The lowest BCUT2D eigenvalue weighted by Gasteiger charge is -2.43. The molecule has 0 aromatic carbocycles. The molecule has 2 unspecified atom stereocenters. The molecule has 0 saturated carbocycles. The highest BCUT2D eigenvalue weighted by atomic mass is 16.5. The zero-order chi connectivity index (χ0) is 13.0. The van der Waals surface area contributed by atoms with Gasteiger partial charge in [-0.05, 0) is 32.1 Å². The van der Waals surface area contributed by atoms with E-state index >= 15 is 0 Å². The SMILES string of the molecule is CCC(CN)C(=O)C1CCOC2(CCOCC2)C1. The molecule has 2 aliphatic rings. The number of ketones is 1. The highest BCUT2D eigenvalue weighted by Gasteiger charge is 2.41. The lowest BCUT2D eigenvalue weighted by molar-refractivity contribution is -0.158. The second kappa shape index (κ2) is 6.13. The zero-order valence-corrected chi connectivity index (χ0v) is 11.3. The Balaban J connectivity index is 1.99. The van der Waals surface area contributed by atoms with Crippen LogP contribution in [-0.2, 0) is 14.3 Å². The minimum Gasteiger partial charge on any atom is -0.381 e. The summed E-state index contributed by atoms with van der Waals surface area (Å²) in [6, 6.07) is 0. The van der Waals surface area contributed by atoms with Crippen molar-refractivity contribution >= 4 is 5.78 Å². The van der Waals surface area contributed by atoms with Gasteiger partial charge in [-0.2, -0.15) is 0 Å². The molecule has 0 aromatic rings. The molecule has 104 valence electrons. The first-order chi connectivity index (χ1) is 8.71. The van der Waals surface area contributed by atoms with Gasteiger partial charge >= 0.3 is 0 Å². The van der Waals surface area contributed by atoms with Gasteiger partial charge in [0.05, 0.1) is 5.60 Å². The number of Topliss-reactive ketones (excluding diaryl/α,β-unsaturated/α-hetero) is 1. The van der Waals surface area contributed by atoms with Crippen LogP contribution in [0.2, 0.25) is 0 Å². The van der Waals surface area contributed by atoms with Crippen LogP contribution in [-0.4, -0.2) is 37.7 Å². The summed E-state index contributed by atoms with van der Waals surface area (Å²) in [6.07, 6.45) is 4.43. The predicted octanol–water partition coefficient (Wildman–Crippen LogP) is 1.52. The fraction of sp³-hybridized carbons (Fsp3) is 0.929. The van der Waals surface area contributed by atoms with Crippen molar-refractivity contribution in [1.29, 1.82) is 0 Å². The molecule has 4 nitrogen and oxygen atoms in total. The molecule has 0 amide bonds. The Labute approximate surface area is 109 Å². The number of rotatable bonds is 4. The quantitative estimate of drug-likeness (QED) is 0.827. The molecule has 2 heterocycles. The van der Waals surface area contributed by atoms with E-state index in [1.807, 2.05) is 6.92 Å². The van der Waals surface area contributed by atoms with E-state index < -0.39 is 0 Å². The monoisotopic (exact) mass is 255 g/mol. The van der Waals surface area contributed by atoms with Crippen molar-refractivity contribution in [3.8, 4) is 0 Å². The van der Waals surface area contributed by atoms with E-state index in [-0.39, 0.29) is 17.4 Å². The van der Waals surface area contributed by atoms with Gasteiger partial charge in [0.15, 0.2) is 0 Å². The van der Waals surface area contributed by atoms with Gasteiger partial charge in [-0.25, -0.2) is 0 Å². The van der Waals surface area contributed by atoms with E-state index in [1.54, 1.807) is 0 Å². The third-order valence-electron chi connectivity index (χ3n) is 4.48. The van der Waals surface area contributed by atoms with E-state index in [4.69, 9.17) is 15.2 Å². The fourth-order valence-electron chi connectivity index (χ4n) is 3.18. The van der Waals surface area contributed by atoms with Gasteiger partial charge in [-0.15, -0.1) is 0 Å². The molecule has 2 atom stereocenters.